The highest BCUT2D eigenvalue weighted by Gasteiger charge is 2.35. The number of hydrogen-bond donors (Lipinski definition) is 1. The third kappa shape index (κ3) is 4.54. The molecule has 0 saturated heterocycles. The van der Waals surface area contributed by atoms with Crippen LogP contribution in [0.4, 0.5) is 18.3 Å². The maximum atomic E-state index is 12.7. The molecule has 0 fully saturated rings. The molecule has 0 aromatic carbocycles. The van der Waals surface area contributed by atoms with Crippen LogP contribution in [-0.4, -0.2) is 50.7 Å². The summed E-state index contributed by atoms with van der Waals surface area (Å²) in [5, 5.41) is 10.5. The molecule has 11 heteroatoms. The van der Waals surface area contributed by atoms with E-state index in [4.69, 9.17) is 0 Å². The Morgan fingerprint density at radius 3 is 3.00 bits per heavy atom. The first kappa shape index (κ1) is 17.8. The van der Waals surface area contributed by atoms with Crippen molar-refractivity contribution in [2.75, 3.05) is 25.5 Å². The zero-order valence-corrected chi connectivity index (χ0v) is 14.3. The number of anilines is 1. The molecule has 0 aliphatic carbocycles. The normalized spacial score (nSPS) is 17.6. The van der Waals surface area contributed by atoms with Crippen LogP contribution in [0.2, 0.25) is 0 Å². The number of likely N-dealkylation sites (N-methyl/N-ethyl adjacent to an activating group) is 1. The van der Waals surface area contributed by atoms with Gasteiger partial charge in [-0.05, 0) is 19.4 Å². The van der Waals surface area contributed by atoms with Gasteiger partial charge in [0.2, 0.25) is 11.0 Å². The molecule has 0 spiro atoms. The third-order valence-electron chi connectivity index (χ3n) is 3.97. The van der Waals surface area contributed by atoms with Crippen molar-refractivity contribution in [3.63, 3.8) is 0 Å². The molecule has 0 unspecified atom stereocenters. The minimum Gasteiger partial charge on any atom is -0.334 e. The van der Waals surface area contributed by atoms with Gasteiger partial charge in [-0.2, -0.15) is 13.2 Å². The summed E-state index contributed by atoms with van der Waals surface area (Å²) >= 11 is 1.24. The maximum Gasteiger partial charge on any atom is 0.434 e. The Labute approximate surface area is 145 Å². The van der Waals surface area contributed by atoms with Crippen molar-refractivity contribution >= 4 is 22.4 Å². The first-order valence-electron chi connectivity index (χ1n) is 7.69. The standard InChI is InChI=1S/C14H17F3N6OS/c1-22(7-12(24)20-13-21-18-8-25-13)4-9-2-3-11-19-10(14(15,16)17)6-23(11)5-9/h6,8-9H,2-5,7H2,1H3,(H,20,21,24)/t9-/m0/s1. The van der Waals surface area contributed by atoms with E-state index in [1.807, 2.05) is 11.9 Å². The zero-order chi connectivity index (χ0) is 18.0. The van der Waals surface area contributed by atoms with Gasteiger partial charge in [0.25, 0.3) is 0 Å². The minimum atomic E-state index is -4.42. The van der Waals surface area contributed by atoms with Crippen molar-refractivity contribution in [2.45, 2.75) is 25.6 Å². The second kappa shape index (κ2) is 7.08. The van der Waals surface area contributed by atoms with E-state index in [0.717, 1.165) is 12.6 Å². The highest BCUT2D eigenvalue weighted by molar-refractivity contribution is 7.13. The number of aryl methyl sites for hydroxylation is 1. The number of imidazole rings is 1. The molecule has 0 radical (unpaired) electrons. The van der Waals surface area contributed by atoms with Crippen LogP contribution in [0.25, 0.3) is 0 Å². The number of carbonyl (C=O) groups is 1. The number of carbonyl (C=O) groups excluding carboxylic acids is 1. The van der Waals surface area contributed by atoms with Gasteiger partial charge in [-0.1, -0.05) is 11.3 Å². The van der Waals surface area contributed by atoms with Crippen molar-refractivity contribution in [1.82, 2.24) is 24.6 Å². The number of aromatic nitrogens is 4. The van der Waals surface area contributed by atoms with Gasteiger partial charge >= 0.3 is 6.18 Å². The molecule has 1 aliphatic rings. The Bertz CT molecular complexity index is 730. The first-order chi connectivity index (χ1) is 11.8. The van der Waals surface area contributed by atoms with Crippen molar-refractivity contribution in [2.24, 2.45) is 5.92 Å². The van der Waals surface area contributed by atoms with E-state index in [1.54, 1.807) is 4.57 Å². The fraction of sp³-hybridized carbons (Fsp3) is 0.571. The molecule has 1 amide bonds. The number of rotatable bonds is 5. The molecule has 2 aromatic heterocycles. The lowest BCUT2D eigenvalue weighted by Gasteiger charge is -2.27. The fourth-order valence-corrected chi connectivity index (χ4v) is 3.40. The largest absolute Gasteiger partial charge is 0.434 e. The van der Waals surface area contributed by atoms with Crippen LogP contribution in [0.5, 0.6) is 0 Å². The van der Waals surface area contributed by atoms with E-state index >= 15 is 0 Å². The molecule has 25 heavy (non-hydrogen) atoms. The molecular formula is C14H17F3N6OS. The summed E-state index contributed by atoms with van der Waals surface area (Å²) in [5.41, 5.74) is 0.687. The van der Waals surface area contributed by atoms with E-state index in [0.29, 0.717) is 30.5 Å². The van der Waals surface area contributed by atoms with Crippen LogP contribution >= 0.6 is 11.3 Å². The summed E-state index contributed by atoms with van der Waals surface area (Å²) in [4.78, 5) is 17.4. The van der Waals surface area contributed by atoms with E-state index in [9.17, 15) is 18.0 Å². The summed E-state index contributed by atoms with van der Waals surface area (Å²) in [5.74, 6) is 0.445. The molecule has 1 aliphatic heterocycles. The fourth-order valence-electron chi connectivity index (χ4n) is 2.94. The molecule has 136 valence electrons. The summed E-state index contributed by atoms with van der Waals surface area (Å²) in [6, 6.07) is 0. The number of hydrogen-bond acceptors (Lipinski definition) is 6. The van der Waals surface area contributed by atoms with E-state index in [-0.39, 0.29) is 18.4 Å². The first-order valence-corrected chi connectivity index (χ1v) is 8.57. The average molecular weight is 374 g/mol. The molecular weight excluding hydrogens is 357 g/mol. The number of amides is 1. The van der Waals surface area contributed by atoms with Crippen molar-refractivity contribution in [1.29, 1.82) is 0 Å². The van der Waals surface area contributed by atoms with E-state index < -0.39 is 11.9 Å². The predicted octanol–water partition coefficient (Wildman–Crippen LogP) is 1.89. The quantitative estimate of drug-likeness (QED) is 0.865. The second-order valence-corrected chi connectivity index (χ2v) is 6.92. The Hall–Kier alpha value is -2.01. The molecule has 1 atom stereocenters. The Kier molecular flexibility index (Phi) is 5.04. The highest BCUT2D eigenvalue weighted by atomic mass is 32.1. The van der Waals surface area contributed by atoms with Crippen LogP contribution in [0.15, 0.2) is 11.7 Å². The summed E-state index contributed by atoms with van der Waals surface area (Å²) < 4.78 is 39.8. The zero-order valence-electron chi connectivity index (χ0n) is 13.5. The molecule has 3 heterocycles. The van der Waals surface area contributed by atoms with Crippen molar-refractivity contribution < 1.29 is 18.0 Å². The van der Waals surface area contributed by atoms with E-state index in [2.05, 4.69) is 20.5 Å². The van der Waals surface area contributed by atoms with Gasteiger partial charge in [0.05, 0.1) is 6.54 Å². The number of alkyl halides is 3. The van der Waals surface area contributed by atoms with Gasteiger partial charge in [0.1, 0.15) is 11.3 Å². The Balaban J connectivity index is 1.52. The molecule has 0 saturated carbocycles. The molecule has 2 aromatic rings. The van der Waals surface area contributed by atoms with Gasteiger partial charge in [-0.3, -0.25) is 15.0 Å². The van der Waals surface area contributed by atoms with Gasteiger partial charge < -0.3 is 4.57 Å². The maximum absolute atomic E-state index is 12.7. The van der Waals surface area contributed by atoms with Crippen LogP contribution < -0.4 is 5.32 Å². The number of nitrogens with zero attached hydrogens (tertiary/aromatic N) is 5. The van der Waals surface area contributed by atoms with Crippen molar-refractivity contribution in [3.05, 3.63) is 23.2 Å². The topological polar surface area (TPSA) is 75.9 Å². The summed E-state index contributed by atoms with van der Waals surface area (Å²) in [7, 11) is 1.81. The second-order valence-electron chi connectivity index (χ2n) is 6.09. The van der Waals surface area contributed by atoms with Crippen LogP contribution in [-0.2, 0) is 23.9 Å². The van der Waals surface area contributed by atoms with Gasteiger partial charge in [0.15, 0.2) is 5.69 Å². The monoisotopic (exact) mass is 374 g/mol. The minimum absolute atomic E-state index is 0.169. The Morgan fingerprint density at radius 2 is 2.32 bits per heavy atom. The average Bonchev–Trinajstić information content (AvgIpc) is 3.14. The van der Waals surface area contributed by atoms with Gasteiger partial charge in [-0.25, -0.2) is 4.98 Å². The molecule has 0 bridgehead atoms. The molecule has 1 N–H and O–H groups in total. The number of nitrogens with one attached hydrogen (secondary N) is 1. The molecule has 3 rings (SSSR count). The SMILES string of the molecule is CN(CC(=O)Nc1nncs1)C[C@@H]1CCc2nc(C(F)(F)F)cn2C1. The molecule has 7 nitrogen and oxygen atoms in total. The van der Waals surface area contributed by atoms with Crippen molar-refractivity contribution in [3.8, 4) is 0 Å². The van der Waals surface area contributed by atoms with Gasteiger partial charge in [0, 0.05) is 25.7 Å². The lowest BCUT2D eigenvalue weighted by molar-refractivity contribution is -0.141. The highest BCUT2D eigenvalue weighted by Crippen LogP contribution is 2.30. The van der Waals surface area contributed by atoms with E-state index in [1.165, 1.54) is 16.8 Å². The van der Waals surface area contributed by atoms with Crippen LogP contribution in [0.3, 0.4) is 0 Å². The van der Waals surface area contributed by atoms with Gasteiger partial charge in [-0.15, -0.1) is 10.2 Å². The smallest absolute Gasteiger partial charge is 0.334 e. The lowest BCUT2D eigenvalue weighted by atomic mass is 9.99. The summed E-state index contributed by atoms with van der Waals surface area (Å²) in [6.07, 6.45) is -2.09. The van der Waals surface area contributed by atoms with Crippen LogP contribution in [0.1, 0.15) is 17.9 Å². The summed E-state index contributed by atoms with van der Waals surface area (Å²) in [6.45, 7) is 1.27. The number of halogens is 3. The van der Waals surface area contributed by atoms with Crippen LogP contribution in [0, 0.1) is 5.92 Å². The Morgan fingerprint density at radius 1 is 1.52 bits per heavy atom. The number of fused-ring (bicyclic) bond motifs is 1. The third-order valence-corrected chi connectivity index (χ3v) is 4.58. The lowest BCUT2D eigenvalue weighted by Crippen LogP contribution is -2.36. The predicted molar refractivity (Wildman–Crippen MR) is 85.1 cm³/mol.